The minimum Gasteiger partial charge on any atom is -0.346 e. The average Bonchev–Trinajstić information content (AvgIpc) is 3.06. The van der Waals surface area contributed by atoms with Crippen LogP contribution in [0.3, 0.4) is 0 Å². The van der Waals surface area contributed by atoms with Crippen molar-refractivity contribution in [3.8, 4) is 0 Å². The molecule has 4 rings (SSSR count). The third-order valence-corrected chi connectivity index (χ3v) is 5.01. The van der Waals surface area contributed by atoms with Gasteiger partial charge in [-0.2, -0.15) is 0 Å². The van der Waals surface area contributed by atoms with Gasteiger partial charge in [-0.05, 0) is 35.2 Å². The van der Waals surface area contributed by atoms with Gasteiger partial charge in [0.2, 0.25) is 0 Å². The molecule has 3 aromatic heterocycles. The van der Waals surface area contributed by atoms with Crippen molar-refractivity contribution in [1.82, 2.24) is 19.9 Å². The highest BCUT2D eigenvalue weighted by Gasteiger charge is 2.13. The molecule has 1 atom stereocenters. The van der Waals surface area contributed by atoms with Crippen LogP contribution >= 0.6 is 23.2 Å². The zero-order valence-corrected chi connectivity index (χ0v) is 15.9. The lowest BCUT2D eigenvalue weighted by Gasteiger charge is -2.12. The molecule has 27 heavy (non-hydrogen) atoms. The second-order valence-electron chi connectivity index (χ2n) is 6.39. The van der Waals surface area contributed by atoms with Crippen molar-refractivity contribution in [3.63, 3.8) is 0 Å². The summed E-state index contributed by atoms with van der Waals surface area (Å²) in [5.41, 5.74) is 10.1. The van der Waals surface area contributed by atoms with E-state index in [2.05, 4.69) is 19.9 Å². The molecule has 0 bridgehead atoms. The number of fused-ring (bicyclic) bond motifs is 1. The van der Waals surface area contributed by atoms with Gasteiger partial charge in [-0.15, -0.1) is 0 Å². The minimum atomic E-state index is -0.310. The lowest BCUT2D eigenvalue weighted by Crippen LogP contribution is -2.17. The highest BCUT2D eigenvalue weighted by molar-refractivity contribution is 6.31. The summed E-state index contributed by atoms with van der Waals surface area (Å²) in [4.78, 5) is 16.3. The van der Waals surface area contributed by atoms with E-state index in [0.717, 1.165) is 27.7 Å². The number of nitrogens with zero attached hydrogens (tertiary/aromatic N) is 3. The van der Waals surface area contributed by atoms with E-state index in [4.69, 9.17) is 28.9 Å². The first-order valence-corrected chi connectivity index (χ1v) is 9.27. The number of halogens is 2. The van der Waals surface area contributed by atoms with Crippen molar-refractivity contribution in [1.29, 1.82) is 0 Å². The molecule has 0 saturated heterocycles. The molecule has 0 aliphatic heterocycles. The summed E-state index contributed by atoms with van der Waals surface area (Å²) < 4.78 is 0. The Bertz CT molecular complexity index is 1080. The summed E-state index contributed by atoms with van der Waals surface area (Å²) in [7, 11) is 0. The fourth-order valence-corrected chi connectivity index (χ4v) is 3.41. The Morgan fingerprint density at radius 2 is 1.78 bits per heavy atom. The molecule has 0 saturated carbocycles. The van der Waals surface area contributed by atoms with Crippen LogP contribution in [0.1, 0.15) is 28.6 Å². The van der Waals surface area contributed by atoms with Crippen LogP contribution in [0.25, 0.3) is 11.0 Å². The maximum Gasteiger partial charge on any atom is 0.145 e. The van der Waals surface area contributed by atoms with Gasteiger partial charge in [0.05, 0.1) is 11.1 Å². The van der Waals surface area contributed by atoms with Crippen LogP contribution in [0.2, 0.25) is 10.0 Å². The number of rotatable bonds is 5. The monoisotopic (exact) mass is 397 g/mol. The van der Waals surface area contributed by atoms with Crippen molar-refractivity contribution < 1.29 is 0 Å². The summed E-state index contributed by atoms with van der Waals surface area (Å²) in [6.07, 6.45) is 8.46. The highest BCUT2D eigenvalue weighted by atomic mass is 35.5. The van der Waals surface area contributed by atoms with Gasteiger partial charge in [0.1, 0.15) is 11.5 Å². The summed E-state index contributed by atoms with van der Waals surface area (Å²) in [6, 6.07) is 9.26. The van der Waals surface area contributed by atoms with Gasteiger partial charge in [0.25, 0.3) is 0 Å². The summed E-state index contributed by atoms with van der Waals surface area (Å²) in [5, 5.41) is 2.32. The molecule has 136 valence electrons. The fraction of sp³-hybridized carbons (Fsp3) is 0.150. The summed E-state index contributed by atoms with van der Waals surface area (Å²) in [6.45, 7) is 0. The highest BCUT2D eigenvalue weighted by Crippen LogP contribution is 2.23. The quantitative estimate of drug-likeness (QED) is 0.519. The first-order chi connectivity index (χ1) is 13.1. The molecular weight excluding hydrogens is 381 g/mol. The molecule has 7 heteroatoms. The van der Waals surface area contributed by atoms with E-state index < -0.39 is 0 Å². The molecule has 0 aliphatic rings. The SMILES string of the molecule is NC(Cc1ccccc1Cl)c1ncc(Cc2c[nH]c3ncc(Cl)cc23)cn1. The van der Waals surface area contributed by atoms with E-state index in [9.17, 15) is 0 Å². The van der Waals surface area contributed by atoms with Crippen molar-refractivity contribution in [2.75, 3.05) is 0 Å². The van der Waals surface area contributed by atoms with Crippen molar-refractivity contribution in [2.45, 2.75) is 18.9 Å². The number of pyridine rings is 1. The second kappa shape index (κ2) is 7.64. The van der Waals surface area contributed by atoms with Gasteiger partial charge in [-0.25, -0.2) is 15.0 Å². The van der Waals surface area contributed by atoms with Crippen LogP contribution < -0.4 is 5.73 Å². The smallest absolute Gasteiger partial charge is 0.145 e. The average molecular weight is 398 g/mol. The molecule has 0 aliphatic carbocycles. The summed E-state index contributed by atoms with van der Waals surface area (Å²) in [5.74, 6) is 0.599. The zero-order chi connectivity index (χ0) is 18.8. The molecule has 3 N–H and O–H groups in total. The number of aromatic amines is 1. The molecule has 0 radical (unpaired) electrons. The number of hydrogen-bond acceptors (Lipinski definition) is 4. The predicted molar refractivity (Wildman–Crippen MR) is 108 cm³/mol. The Balaban J connectivity index is 1.50. The standard InChI is InChI=1S/C20H17Cl2N5/c21-15-7-16-14(10-26-19(16)27-11-15)5-12-8-24-20(25-9-12)18(23)6-13-3-1-2-4-17(13)22/h1-4,7-11,18H,5-6,23H2,(H,26,27). The number of nitrogens with one attached hydrogen (secondary N) is 1. The van der Waals surface area contributed by atoms with E-state index in [1.54, 1.807) is 6.20 Å². The number of H-pyrrole nitrogens is 1. The van der Waals surface area contributed by atoms with E-state index in [1.165, 1.54) is 0 Å². The van der Waals surface area contributed by atoms with E-state index in [1.807, 2.05) is 48.9 Å². The fourth-order valence-electron chi connectivity index (χ4n) is 3.04. The molecular formula is C20H17Cl2N5. The molecule has 0 spiro atoms. The second-order valence-corrected chi connectivity index (χ2v) is 7.24. The van der Waals surface area contributed by atoms with Gasteiger partial charge < -0.3 is 10.7 Å². The van der Waals surface area contributed by atoms with Crippen molar-refractivity contribution >= 4 is 34.2 Å². The molecule has 5 nitrogen and oxygen atoms in total. The molecule has 0 amide bonds. The Labute approximate surface area is 166 Å². The van der Waals surface area contributed by atoms with Crippen LogP contribution in [-0.2, 0) is 12.8 Å². The minimum absolute atomic E-state index is 0.310. The van der Waals surface area contributed by atoms with Gasteiger partial charge >= 0.3 is 0 Å². The Hall–Kier alpha value is -2.47. The van der Waals surface area contributed by atoms with E-state index in [-0.39, 0.29) is 6.04 Å². The lowest BCUT2D eigenvalue weighted by atomic mass is 10.1. The zero-order valence-electron chi connectivity index (χ0n) is 14.4. The first kappa shape index (κ1) is 17.9. The van der Waals surface area contributed by atoms with Crippen molar-refractivity contribution in [3.05, 3.63) is 87.7 Å². The lowest BCUT2D eigenvalue weighted by molar-refractivity contribution is 0.665. The third-order valence-electron chi connectivity index (χ3n) is 4.43. The van der Waals surface area contributed by atoms with Crippen LogP contribution in [0.4, 0.5) is 0 Å². The number of hydrogen-bond donors (Lipinski definition) is 2. The summed E-state index contributed by atoms with van der Waals surface area (Å²) >= 11 is 12.3. The molecule has 1 unspecified atom stereocenters. The Morgan fingerprint density at radius 3 is 2.56 bits per heavy atom. The van der Waals surface area contributed by atoms with Gasteiger partial charge in [-0.1, -0.05) is 41.4 Å². The van der Waals surface area contributed by atoms with Gasteiger partial charge in [-0.3, -0.25) is 0 Å². The number of aromatic nitrogens is 4. The van der Waals surface area contributed by atoms with E-state index in [0.29, 0.717) is 28.7 Å². The molecule has 0 fully saturated rings. The maximum absolute atomic E-state index is 6.26. The van der Waals surface area contributed by atoms with Gasteiger partial charge in [0.15, 0.2) is 0 Å². The van der Waals surface area contributed by atoms with Crippen molar-refractivity contribution in [2.24, 2.45) is 5.73 Å². The topological polar surface area (TPSA) is 80.5 Å². The number of nitrogens with two attached hydrogens (primary N) is 1. The maximum atomic E-state index is 6.26. The molecule has 3 heterocycles. The van der Waals surface area contributed by atoms with E-state index >= 15 is 0 Å². The number of benzene rings is 1. The molecule has 4 aromatic rings. The van der Waals surface area contributed by atoms with Crippen LogP contribution in [0.15, 0.2) is 55.1 Å². The molecule has 1 aromatic carbocycles. The Morgan fingerprint density at radius 1 is 1.00 bits per heavy atom. The van der Waals surface area contributed by atoms with Crippen LogP contribution in [0, 0.1) is 0 Å². The predicted octanol–water partition coefficient (Wildman–Crippen LogP) is 4.49. The normalized spacial score (nSPS) is 12.4. The largest absolute Gasteiger partial charge is 0.346 e. The van der Waals surface area contributed by atoms with Gasteiger partial charge in [0, 0.05) is 41.6 Å². The van der Waals surface area contributed by atoms with Crippen LogP contribution in [0.5, 0.6) is 0 Å². The Kier molecular flexibility index (Phi) is 5.07. The first-order valence-electron chi connectivity index (χ1n) is 8.51. The third kappa shape index (κ3) is 3.95. The van der Waals surface area contributed by atoms with Crippen LogP contribution in [-0.4, -0.2) is 19.9 Å².